The first-order valence-corrected chi connectivity index (χ1v) is 8.26. The number of ether oxygens (including phenoxy) is 1. The van der Waals surface area contributed by atoms with E-state index in [2.05, 4.69) is 26.7 Å². The summed E-state index contributed by atoms with van der Waals surface area (Å²) in [6.07, 6.45) is 2.40. The van der Waals surface area contributed by atoms with Gasteiger partial charge in [-0.3, -0.25) is 4.90 Å². The van der Waals surface area contributed by atoms with Crippen molar-refractivity contribution in [1.29, 1.82) is 0 Å². The Morgan fingerprint density at radius 2 is 2.00 bits per heavy atom. The molecule has 0 amide bonds. The summed E-state index contributed by atoms with van der Waals surface area (Å²) in [4.78, 5) is 13.1. The second-order valence-electron chi connectivity index (χ2n) is 5.97. The van der Waals surface area contributed by atoms with Crippen LogP contribution in [0.25, 0.3) is 10.9 Å². The molecule has 1 fully saturated rings. The summed E-state index contributed by atoms with van der Waals surface area (Å²) < 4.78 is 19.0. The number of halogens is 1. The van der Waals surface area contributed by atoms with Crippen molar-refractivity contribution in [3.05, 3.63) is 24.3 Å². The number of fused-ring (bicyclic) bond motifs is 1. The number of rotatable bonds is 5. The monoisotopic (exact) mass is 334 g/mol. The summed E-state index contributed by atoms with van der Waals surface area (Å²) in [5, 5.41) is 10.3. The molecule has 130 valence electrons. The standard InChI is InChI=1S/C17H23FN4O2/c1-3-12(10-23)21-4-6-22(7-5-21)17-13-8-16(24-2)14(18)9-15(13)19-11-20-17/h8-9,11-12,23H,3-7,10H2,1-2H3. The number of piperazine rings is 1. The van der Waals surface area contributed by atoms with Crippen molar-refractivity contribution in [1.82, 2.24) is 14.9 Å². The maximum Gasteiger partial charge on any atom is 0.167 e. The van der Waals surface area contributed by atoms with Crippen molar-refractivity contribution in [2.24, 2.45) is 0 Å². The van der Waals surface area contributed by atoms with E-state index in [4.69, 9.17) is 4.74 Å². The number of anilines is 1. The van der Waals surface area contributed by atoms with Gasteiger partial charge in [-0.15, -0.1) is 0 Å². The van der Waals surface area contributed by atoms with Gasteiger partial charge in [0.05, 0.1) is 19.2 Å². The second kappa shape index (κ2) is 7.27. The van der Waals surface area contributed by atoms with E-state index in [-0.39, 0.29) is 18.4 Å². The van der Waals surface area contributed by atoms with Crippen LogP contribution in [0.4, 0.5) is 10.2 Å². The fourth-order valence-corrected chi connectivity index (χ4v) is 3.25. The number of hydrogen-bond acceptors (Lipinski definition) is 6. The molecule has 1 saturated heterocycles. The molecule has 0 radical (unpaired) electrons. The van der Waals surface area contributed by atoms with Gasteiger partial charge in [0.15, 0.2) is 11.6 Å². The van der Waals surface area contributed by atoms with Crippen LogP contribution in [0.1, 0.15) is 13.3 Å². The van der Waals surface area contributed by atoms with E-state index in [1.54, 1.807) is 6.07 Å². The predicted octanol–water partition coefficient (Wildman–Crippen LogP) is 1.67. The number of aliphatic hydroxyl groups excluding tert-OH is 1. The second-order valence-corrected chi connectivity index (χ2v) is 5.97. The third-order valence-corrected chi connectivity index (χ3v) is 4.70. The van der Waals surface area contributed by atoms with Gasteiger partial charge in [-0.25, -0.2) is 14.4 Å². The van der Waals surface area contributed by atoms with E-state index in [9.17, 15) is 9.50 Å². The van der Waals surface area contributed by atoms with Gasteiger partial charge in [-0.2, -0.15) is 0 Å². The Balaban J connectivity index is 1.85. The fraction of sp³-hybridized carbons (Fsp3) is 0.529. The van der Waals surface area contributed by atoms with Gasteiger partial charge in [0, 0.05) is 43.7 Å². The third kappa shape index (κ3) is 3.14. The Hall–Kier alpha value is -1.99. The smallest absolute Gasteiger partial charge is 0.167 e. The van der Waals surface area contributed by atoms with Crippen LogP contribution in [0.2, 0.25) is 0 Å². The van der Waals surface area contributed by atoms with Crippen molar-refractivity contribution < 1.29 is 14.2 Å². The molecule has 0 aliphatic carbocycles. The summed E-state index contributed by atoms with van der Waals surface area (Å²) in [5.41, 5.74) is 0.572. The average Bonchev–Trinajstić information content (AvgIpc) is 2.62. The summed E-state index contributed by atoms with van der Waals surface area (Å²) in [6.45, 7) is 5.62. The van der Waals surface area contributed by atoms with Crippen molar-refractivity contribution in [3.8, 4) is 5.75 Å². The zero-order valence-electron chi connectivity index (χ0n) is 14.1. The highest BCUT2D eigenvalue weighted by Gasteiger charge is 2.24. The minimum atomic E-state index is -0.423. The number of hydrogen-bond donors (Lipinski definition) is 1. The minimum absolute atomic E-state index is 0.184. The molecule has 0 spiro atoms. The Bertz CT molecular complexity index is 700. The lowest BCUT2D eigenvalue weighted by atomic mass is 10.1. The molecular weight excluding hydrogens is 311 g/mol. The molecule has 3 rings (SSSR count). The molecule has 1 aliphatic rings. The van der Waals surface area contributed by atoms with Crippen molar-refractivity contribution >= 4 is 16.7 Å². The normalized spacial score (nSPS) is 17.2. The average molecular weight is 334 g/mol. The summed E-state index contributed by atoms with van der Waals surface area (Å²) in [6, 6.07) is 3.26. The van der Waals surface area contributed by atoms with E-state index in [1.807, 2.05) is 0 Å². The van der Waals surface area contributed by atoms with E-state index in [1.165, 1.54) is 19.5 Å². The lowest BCUT2D eigenvalue weighted by Gasteiger charge is -2.39. The van der Waals surface area contributed by atoms with Gasteiger partial charge in [-0.05, 0) is 12.5 Å². The first kappa shape index (κ1) is 16.9. The summed E-state index contributed by atoms with van der Waals surface area (Å²) in [5.74, 6) is 0.576. The topological polar surface area (TPSA) is 61.7 Å². The zero-order valence-corrected chi connectivity index (χ0v) is 14.1. The van der Waals surface area contributed by atoms with Gasteiger partial charge in [-0.1, -0.05) is 6.92 Å². The highest BCUT2D eigenvalue weighted by Crippen LogP contribution is 2.29. The van der Waals surface area contributed by atoms with Gasteiger partial charge < -0.3 is 14.7 Å². The SMILES string of the molecule is CCC(CO)N1CCN(c2ncnc3cc(F)c(OC)cc23)CC1. The maximum atomic E-state index is 13.9. The molecule has 0 bridgehead atoms. The Morgan fingerprint density at radius 3 is 2.62 bits per heavy atom. The summed E-state index contributed by atoms with van der Waals surface area (Å²) >= 11 is 0. The number of methoxy groups -OCH3 is 1. The van der Waals surface area contributed by atoms with Gasteiger partial charge >= 0.3 is 0 Å². The Kier molecular flexibility index (Phi) is 5.11. The molecular formula is C17H23FN4O2. The molecule has 1 N–H and O–H groups in total. The van der Waals surface area contributed by atoms with E-state index < -0.39 is 5.82 Å². The van der Waals surface area contributed by atoms with Crippen molar-refractivity contribution in [2.75, 3.05) is 44.8 Å². The van der Waals surface area contributed by atoms with Crippen LogP contribution in [0, 0.1) is 5.82 Å². The first-order chi connectivity index (χ1) is 11.7. The van der Waals surface area contributed by atoms with E-state index >= 15 is 0 Å². The van der Waals surface area contributed by atoms with Crippen LogP contribution in [0.5, 0.6) is 5.75 Å². The minimum Gasteiger partial charge on any atom is -0.494 e. The third-order valence-electron chi connectivity index (χ3n) is 4.70. The number of benzene rings is 1. The Morgan fingerprint density at radius 1 is 1.25 bits per heavy atom. The van der Waals surface area contributed by atoms with Crippen LogP contribution in [-0.2, 0) is 0 Å². The van der Waals surface area contributed by atoms with E-state index in [0.29, 0.717) is 5.52 Å². The fourth-order valence-electron chi connectivity index (χ4n) is 3.25. The van der Waals surface area contributed by atoms with Crippen LogP contribution < -0.4 is 9.64 Å². The highest BCUT2D eigenvalue weighted by molar-refractivity contribution is 5.90. The molecule has 24 heavy (non-hydrogen) atoms. The predicted molar refractivity (Wildman–Crippen MR) is 91.0 cm³/mol. The van der Waals surface area contributed by atoms with Crippen LogP contribution in [0.15, 0.2) is 18.5 Å². The molecule has 6 nitrogen and oxygen atoms in total. The highest BCUT2D eigenvalue weighted by atomic mass is 19.1. The zero-order chi connectivity index (χ0) is 17.1. The molecule has 2 aromatic rings. The molecule has 0 saturated carbocycles. The Labute approximate surface area is 140 Å². The van der Waals surface area contributed by atoms with Gasteiger partial charge in [0.1, 0.15) is 12.1 Å². The molecule has 7 heteroatoms. The van der Waals surface area contributed by atoms with Crippen molar-refractivity contribution in [3.63, 3.8) is 0 Å². The molecule has 1 aromatic heterocycles. The van der Waals surface area contributed by atoms with Crippen molar-refractivity contribution in [2.45, 2.75) is 19.4 Å². The molecule has 1 aliphatic heterocycles. The van der Waals surface area contributed by atoms with Crippen LogP contribution in [-0.4, -0.2) is 65.9 Å². The van der Waals surface area contributed by atoms with Gasteiger partial charge in [0.2, 0.25) is 0 Å². The first-order valence-electron chi connectivity index (χ1n) is 8.26. The number of nitrogens with zero attached hydrogens (tertiary/aromatic N) is 4. The number of aromatic nitrogens is 2. The molecule has 1 atom stereocenters. The van der Waals surface area contributed by atoms with Crippen LogP contribution in [0.3, 0.4) is 0 Å². The largest absolute Gasteiger partial charge is 0.494 e. The lowest BCUT2D eigenvalue weighted by molar-refractivity contribution is 0.114. The molecule has 1 aromatic carbocycles. The molecule has 1 unspecified atom stereocenters. The lowest BCUT2D eigenvalue weighted by Crippen LogP contribution is -2.51. The maximum absolute atomic E-state index is 13.9. The van der Waals surface area contributed by atoms with Crippen LogP contribution >= 0.6 is 0 Å². The van der Waals surface area contributed by atoms with E-state index in [0.717, 1.165) is 43.8 Å². The summed E-state index contributed by atoms with van der Waals surface area (Å²) in [7, 11) is 1.45. The quantitative estimate of drug-likeness (QED) is 0.897. The molecule has 2 heterocycles. The van der Waals surface area contributed by atoms with Gasteiger partial charge in [0.25, 0.3) is 0 Å². The number of aliphatic hydroxyl groups is 1.